The zero-order valence-corrected chi connectivity index (χ0v) is 14.3. The molecule has 2 saturated carbocycles. The van der Waals surface area contributed by atoms with Gasteiger partial charge < -0.3 is 15.6 Å². The predicted octanol–water partition coefficient (Wildman–Crippen LogP) is 2.53. The van der Waals surface area contributed by atoms with Crippen LogP contribution in [0.15, 0.2) is 35.1 Å². The molecular weight excluding hydrogens is 335 g/mol. The number of aromatic nitrogens is 2. The van der Waals surface area contributed by atoms with Crippen molar-refractivity contribution in [1.82, 2.24) is 20.6 Å². The summed E-state index contributed by atoms with van der Waals surface area (Å²) in [5.74, 6) is 1.07. The lowest BCUT2D eigenvalue weighted by atomic mass is 9.78. The fourth-order valence-electron chi connectivity index (χ4n) is 3.29. The second-order valence-corrected chi connectivity index (χ2v) is 7.11. The summed E-state index contributed by atoms with van der Waals surface area (Å²) in [5.41, 5.74) is 1.17. The smallest absolute Gasteiger partial charge is 0.315 e. The van der Waals surface area contributed by atoms with Crippen molar-refractivity contribution >= 4 is 6.03 Å². The monoisotopic (exact) mass is 356 g/mol. The molecule has 2 aliphatic rings. The maximum absolute atomic E-state index is 13.5. The molecule has 2 amide bonds. The Morgan fingerprint density at radius 1 is 1.23 bits per heavy atom. The number of hydrogen-bond donors (Lipinski definition) is 3. The Labute approximate surface area is 150 Å². The third-order valence-electron chi connectivity index (χ3n) is 5.03. The van der Waals surface area contributed by atoms with E-state index in [1.165, 1.54) is 6.07 Å². The lowest BCUT2D eigenvalue weighted by molar-refractivity contribution is 0.221. The molecule has 0 unspecified atom stereocenters. The molecule has 2 aromatic rings. The highest BCUT2D eigenvalue weighted by molar-refractivity contribution is 5.74. The molecule has 136 valence electrons. The van der Waals surface area contributed by atoms with Crippen molar-refractivity contribution in [3.8, 4) is 0 Å². The summed E-state index contributed by atoms with van der Waals surface area (Å²) >= 11 is 0. The maximum atomic E-state index is 13.5. The van der Waals surface area contributed by atoms with Gasteiger partial charge >= 0.3 is 6.03 Å². The molecule has 1 heterocycles. The summed E-state index contributed by atoms with van der Waals surface area (Å²) in [6.45, 7) is 0.148. The average molecular weight is 356 g/mol. The summed E-state index contributed by atoms with van der Waals surface area (Å²) in [6, 6.07) is 7.66. The van der Waals surface area contributed by atoms with Crippen LogP contribution in [0, 0.1) is 5.82 Å². The van der Waals surface area contributed by atoms with Crippen molar-refractivity contribution < 1.29 is 9.18 Å². The van der Waals surface area contributed by atoms with Crippen LogP contribution in [0.25, 0.3) is 0 Å². The molecule has 7 heteroatoms. The normalized spacial score (nSPS) is 21.7. The van der Waals surface area contributed by atoms with Crippen molar-refractivity contribution in [3.63, 3.8) is 0 Å². The Hall–Kier alpha value is -2.70. The van der Waals surface area contributed by atoms with E-state index < -0.39 is 0 Å². The molecule has 0 atom stereocenters. The summed E-state index contributed by atoms with van der Waals surface area (Å²) in [6.07, 6.45) is 3.69. The molecule has 1 aromatic carbocycles. The SMILES string of the molecule is O=C(NCc1ccccc1F)NC1CC(c2cc(=O)[nH]c(C3CC3)n2)C1. The number of carbonyl (C=O) groups is 1. The fraction of sp³-hybridized carbons (Fsp3) is 0.421. The molecule has 3 N–H and O–H groups in total. The summed E-state index contributed by atoms with van der Waals surface area (Å²) in [4.78, 5) is 31.2. The van der Waals surface area contributed by atoms with Crippen LogP contribution in [0.1, 0.15) is 54.6 Å². The molecule has 26 heavy (non-hydrogen) atoms. The van der Waals surface area contributed by atoms with Gasteiger partial charge in [0, 0.05) is 36.1 Å². The Morgan fingerprint density at radius 2 is 2.00 bits per heavy atom. The molecule has 2 fully saturated rings. The number of nitrogens with zero attached hydrogens (tertiary/aromatic N) is 1. The van der Waals surface area contributed by atoms with Crippen LogP contribution in [0.3, 0.4) is 0 Å². The molecule has 0 aliphatic heterocycles. The average Bonchev–Trinajstić information content (AvgIpc) is 3.41. The Morgan fingerprint density at radius 3 is 2.73 bits per heavy atom. The van der Waals surface area contributed by atoms with Gasteiger partial charge in [0.2, 0.25) is 0 Å². The van der Waals surface area contributed by atoms with Crippen LogP contribution in [-0.4, -0.2) is 22.0 Å². The number of H-pyrrole nitrogens is 1. The van der Waals surface area contributed by atoms with Crippen molar-refractivity contribution in [1.29, 1.82) is 0 Å². The van der Waals surface area contributed by atoms with Crippen molar-refractivity contribution in [3.05, 3.63) is 63.6 Å². The molecule has 0 bridgehead atoms. The summed E-state index contributed by atoms with van der Waals surface area (Å²) < 4.78 is 13.5. The lowest BCUT2D eigenvalue weighted by Gasteiger charge is -2.35. The first-order chi connectivity index (χ1) is 12.6. The Bertz CT molecular complexity index is 872. The van der Waals surface area contributed by atoms with E-state index in [4.69, 9.17) is 0 Å². The van der Waals surface area contributed by atoms with Crippen LogP contribution in [0.2, 0.25) is 0 Å². The summed E-state index contributed by atoms with van der Waals surface area (Å²) in [7, 11) is 0. The number of benzene rings is 1. The first-order valence-electron chi connectivity index (χ1n) is 8.97. The standard InChI is InChI=1S/C19H21FN4O2/c20-15-4-2-1-3-12(15)10-21-19(26)22-14-7-13(8-14)16-9-17(25)24-18(23-16)11-5-6-11/h1-4,9,11,13-14H,5-8,10H2,(H2,21,22,26)(H,23,24,25). The van der Waals surface area contributed by atoms with E-state index in [1.807, 2.05) is 0 Å². The molecule has 1 aromatic heterocycles. The first-order valence-corrected chi connectivity index (χ1v) is 8.97. The molecule has 0 radical (unpaired) electrons. The van der Waals surface area contributed by atoms with Crippen LogP contribution in [0.5, 0.6) is 0 Å². The summed E-state index contributed by atoms with van der Waals surface area (Å²) in [5, 5.41) is 5.56. The van der Waals surface area contributed by atoms with Crippen LogP contribution < -0.4 is 16.2 Å². The minimum absolute atomic E-state index is 0.0473. The molecule has 4 rings (SSSR count). The minimum Gasteiger partial charge on any atom is -0.335 e. The highest BCUT2D eigenvalue weighted by atomic mass is 19.1. The van der Waals surface area contributed by atoms with E-state index in [2.05, 4.69) is 20.6 Å². The van der Waals surface area contributed by atoms with Gasteiger partial charge in [-0.25, -0.2) is 14.2 Å². The topological polar surface area (TPSA) is 86.9 Å². The molecule has 0 spiro atoms. The number of nitrogens with one attached hydrogen (secondary N) is 3. The fourth-order valence-corrected chi connectivity index (χ4v) is 3.29. The largest absolute Gasteiger partial charge is 0.335 e. The maximum Gasteiger partial charge on any atom is 0.315 e. The van der Waals surface area contributed by atoms with E-state index in [0.717, 1.165) is 37.2 Å². The van der Waals surface area contributed by atoms with Gasteiger partial charge in [0.25, 0.3) is 5.56 Å². The molecule has 2 aliphatic carbocycles. The van der Waals surface area contributed by atoms with Crippen LogP contribution >= 0.6 is 0 Å². The van der Waals surface area contributed by atoms with Gasteiger partial charge in [-0.15, -0.1) is 0 Å². The third kappa shape index (κ3) is 3.76. The number of aromatic amines is 1. The van der Waals surface area contributed by atoms with E-state index in [9.17, 15) is 14.0 Å². The van der Waals surface area contributed by atoms with Crippen LogP contribution in [-0.2, 0) is 6.54 Å². The highest BCUT2D eigenvalue weighted by Crippen LogP contribution is 2.39. The van der Waals surface area contributed by atoms with Gasteiger partial charge in [-0.05, 0) is 31.7 Å². The Kier molecular flexibility index (Phi) is 4.44. The highest BCUT2D eigenvalue weighted by Gasteiger charge is 2.34. The number of urea groups is 1. The number of hydrogen-bond acceptors (Lipinski definition) is 3. The van der Waals surface area contributed by atoms with Gasteiger partial charge in [-0.1, -0.05) is 18.2 Å². The van der Waals surface area contributed by atoms with Crippen molar-refractivity contribution in [2.75, 3.05) is 0 Å². The third-order valence-corrected chi connectivity index (χ3v) is 5.03. The van der Waals surface area contributed by atoms with Gasteiger partial charge in [0.15, 0.2) is 0 Å². The van der Waals surface area contributed by atoms with Crippen molar-refractivity contribution in [2.24, 2.45) is 0 Å². The minimum atomic E-state index is -0.330. The van der Waals surface area contributed by atoms with E-state index >= 15 is 0 Å². The second-order valence-electron chi connectivity index (χ2n) is 7.11. The van der Waals surface area contributed by atoms with Gasteiger partial charge in [0.1, 0.15) is 11.6 Å². The number of amides is 2. The van der Waals surface area contributed by atoms with Gasteiger partial charge in [-0.2, -0.15) is 0 Å². The Balaban J connectivity index is 1.27. The number of carbonyl (C=O) groups excluding carboxylic acids is 1. The van der Waals surface area contributed by atoms with E-state index in [0.29, 0.717) is 11.5 Å². The van der Waals surface area contributed by atoms with Gasteiger partial charge in [-0.3, -0.25) is 4.79 Å². The second kappa shape index (κ2) is 6.90. The lowest BCUT2D eigenvalue weighted by Crippen LogP contribution is -2.47. The van der Waals surface area contributed by atoms with Crippen molar-refractivity contribution in [2.45, 2.75) is 50.1 Å². The molecular formula is C19H21FN4O2. The van der Waals surface area contributed by atoms with E-state index in [-0.39, 0.29) is 35.9 Å². The first kappa shape index (κ1) is 16.8. The zero-order valence-electron chi connectivity index (χ0n) is 14.3. The number of halogens is 1. The quantitative estimate of drug-likeness (QED) is 0.769. The number of rotatable bonds is 5. The van der Waals surface area contributed by atoms with E-state index in [1.54, 1.807) is 24.3 Å². The molecule has 6 nitrogen and oxygen atoms in total. The predicted molar refractivity (Wildman–Crippen MR) is 94.4 cm³/mol. The van der Waals surface area contributed by atoms with Crippen LogP contribution in [0.4, 0.5) is 9.18 Å². The molecule has 0 saturated heterocycles. The van der Waals surface area contributed by atoms with Gasteiger partial charge in [0.05, 0.1) is 5.69 Å². The zero-order chi connectivity index (χ0) is 18.1.